The second-order valence-corrected chi connectivity index (χ2v) is 16.1. The number of hydrogen-bond acceptors (Lipinski definition) is 1. The molecule has 236 valence electrons. The average molecular weight is 622 g/mol. The van der Waals surface area contributed by atoms with E-state index in [1.165, 1.54) is 80.9 Å². The molecule has 0 radical (unpaired) electrons. The zero-order chi connectivity index (χ0) is 32.4. The quantitative estimate of drug-likeness (QED) is 0.194. The highest BCUT2D eigenvalue weighted by Crippen LogP contribution is 2.61. The molecule has 48 heavy (non-hydrogen) atoms. The van der Waals surface area contributed by atoms with E-state index >= 15 is 0 Å². The van der Waals surface area contributed by atoms with Crippen LogP contribution in [0, 0.1) is 5.92 Å². The lowest BCUT2D eigenvalue weighted by atomic mass is 9.60. The minimum absolute atomic E-state index is 0.0556. The molecule has 5 aromatic rings. The third-order valence-corrected chi connectivity index (χ3v) is 12.7. The molecule has 5 aliphatic rings. The summed E-state index contributed by atoms with van der Waals surface area (Å²) in [5, 5.41) is 0. The number of nitrogens with zero attached hydrogens (tertiary/aromatic N) is 1. The Labute approximate surface area is 285 Å². The zero-order valence-electron chi connectivity index (χ0n) is 28.6. The third kappa shape index (κ3) is 3.97. The van der Waals surface area contributed by atoms with E-state index in [4.69, 9.17) is 0 Å². The van der Waals surface area contributed by atoms with Gasteiger partial charge in [-0.2, -0.15) is 0 Å². The molecule has 0 aromatic heterocycles. The number of fused-ring (bicyclic) bond motifs is 7. The van der Waals surface area contributed by atoms with E-state index in [9.17, 15) is 0 Å². The molecule has 0 spiro atoms. The Bertz CT molecular complexity index is 2210. The van der Waals surface area contributed by atoms with Gasteiger partial charge in [0.2, 0.25) is 0 Å². The van der Waals surface area contributed by atoms with E-state index in [1.807, 2.05) is 0 Å². The highest BCUT2D eigenvalue weighted by Gasteiger charge is 2.49. The van der Waals surface area contributed by atoms with Gasteiger partial charge in [-0.1, -0.05) is 125 Å². The van der Waals surface area contributed by atoms with Crippen LogP contribution in [0.3, 0.4) is 0 Å². The van der Waals surface area contributed by atoms with Crippen molar-refractivity contribution in [3.8, 4) is 22.3 Å². The van der Waals surface area contributed by atoms with E-state index in [-0.39, 0.29) is 10.8 Å². The van der Waals surface area contributed by atoms with Crippen molar-refractivity contribution in [1.29, 1.82) is 0 Å². The van der Waals surface area contributed by atoms with Gasteiger partial charge in [-0.25, -0.2) is 0 Å². The van der Waals surface area contributed by atoms with Gasteiger partial charge in [0.25, 0.3) is 0 Å². The largest absolute Gasteiger partial charge is 0.310 e. The second kappa shape index (κ2) is 9.95. The lowest BCUT2D eigenvalue weighted by molar-refractivity contribution is 0.518. The molecule has 1 saturated carbocycles. The van der Waals surface area contributed by atoms with Gasteiger partial charge in [0, 0.05) is 16.7 Å². The van der Waals surface area contributed by atoms with Crippen molar-refractivity contribution in [1.82, 2.24) is 0 Å². The van der Waals surface area contributed by atoms with Crippen LogP contribution in [0.25, 0.3) is 22.3 Å². The van der Waals surface area contributed by atoms with Crippen LogP contribution in [0.15, 0.2) is 138 Å². The minimum atomic E-state index is -0.158. The summed E-state index contributed by atoms with van der Waals surface area (Å²) in [6.07, 6.45) is 7.62. The molecule has 0 bridgehead atoms. The molecule has 1 heteroatoms. The number of rotatable bonds is 3. The van der Waals surface area contributed by atoms with E-state index in [1.54, 1.807) is 16.7 Å². The number of para-hydroxylation sites is 1. The van der Waals surface area contributed by atoms with Crippen molar-refractivity contribution in [2.45, 2.75) is 76.0 Å². The first-order chi connectivity index (χ1) is 23.3. The number of hydrogen-bond donors (Lipinski definition) is 0. The Morgan fingerprint density at radius 1 is 0.646 bits per heavy atom. The maximum atomic E-state index is 2.62. The molecule has 0 N–H and O–H groups in total. The molecule has 3 unspecified atom stereocenters. The summed E-state index contributed by atoms with van der Waals surface area (Å²) < 4.78 is 0. The fourth-order valence-electron chi connectivity index (χ4n) is 9.98. The van der Waals surface area contributed by atoms with Crippen LogP contribution in [0.4, 0.5) is 11.4 Å². The fourth-order valence-corrected chi connectivity index (χ4v) is 9.98. The van der Waals surface area contributed by atoms with E-state index < -0.39 is 0 Å². The molecule has 1 nitrogen and oxygen atoms in total. The molecule has 5 aromatic carbocycles. The number of anilines is 2. The summed E-state index contributed by atoms with van der Waals surface area (Å²) in [4.78, 5) is 2.62. The van der Waals surface area contributed by atoms with Crippen molar-refractivity contribution >= 4 is 11.4 Å². The zero-order valence-corrected chi connectivity index (χ0v) is 28.6. The van der Waals surface area contributed by atoms with Gasteiger partial charge in [0.15, 0.2) is 0 Å². The highest BCUT2D eigenvalue weighted by atomic mass is 15.2. The summed E-state index contributed by atoms with van der Waals surface area (Å²) >= 11 is 0. The Hall–Kier alpha value is -4.62. The monoisotopic (exact) mass is 621 g/mol. The molecule has 3 aliphatic carbocycles. The average Bonchev–Trinajstić information content (AvgIpc) is 3.92. The van der Waals surface area contributed by atoms with Gasteiger partial charge >= 0.3 is 0 Å². The number of allylic oxidation sites excluding steroid dienone is 3. The lowest BCUT2D eigenvalue weighted by Crippen LogP contribution is -2.44. The summed E-state index contributed by atoms with van der Waals surface area (Å²) in [7, 11) is 0. The molecule has 3 atom stereocenters. The van der Waals surface area contributed by atoms with Crippen molar-refractivity contribution in [2.75, 3.05) is 4.90 Å². The Morgan fingerprint density at radius 3 is 2.27 bits per heavy atom. The van der Waals surface area contributed by atoms with Crippen molar-refractivity contribution in [3.63, 3.8) is 0 Å². The maximum Gasteiger partial charge on any atom is 0.0503 e. The summed E-state index contributed by atoms with van der Waals surface area (Å²) in [6.45, 7) is 9.81. The molecular weight excluding hydrogens is 579 g/mol. The van der Waals surface area contributed by atoms with Crippen LogP contribution in [0.2, 0.25) is 0 Å². The van der Waals surface area contributed by atoms with Gasteiger partial charge in [-0.05, 0) is 123 Å². The van der Waals surface area contributed by atoms with E-state index in [2.05, 4.69) is 154 Å². The Morgan fingerprint density at radius 2 is 1.40 bits per heavy atom. The van der Waals surface area contributed by atoms with Crippen LogP contribution >= 0.6 is 0 Å². The standard InChI is InChI=1S/C47H43N/c1-46(2)39-18-8-9-19-43(39)48-44-23-21-31(30-14-10-15-32(24-30)35-16-11-17-36-37(35)22-20-33-25-38(33)36)26-40(44)47(3,4)42-28-34(27-41(46)45(42)48)29-12-6-5-7-13-29/h5-19,21,23-24,26,28,33-34,38H,20,22,25,27H2,1-4H3. The normalized spacial score (nSPS) is 23.6. The predicted octanol–water partition coefficient (Wildman–Crippen LogP) is 12.2. The van der Waals surface area contributed by atoms with E-state index in [0.717, 1.165) is 18.3 Å². The smallest absolute Gasteiger partial charge is 0.0503 e. The molecule has 0 amide bonds. The molecule has 0 saturated heterocycles. The minimum Gasteiger partial charge on any atom is -0.310 e. The van der Waals surface area contributed by atoms with Gasteiger partial charge in [-0.3, -0.25) is 0 Å². The molecule has 2 heterocycles. The van der Waals surface area contributed by atoms with Crippen LogP contribution < -0.4 is 4.90 Å². The van der Waals surface area contributed by atoms with Gasteiger partial charge < -0.3 is 4.90 Å². The summed E-state index contributed by atoms with van der Waals surface area (Å²) in [5.41, 5.74) is 19.7. The first-order valence-electron chi connectivity index (χ1n) is 18.1. The lowest BCUT2D eigenvalue weighted by Gasteiger charge is -2.53. The third-order valence-electron chi connectivity index (χ3n) is 12.7. The molecular formula is C47H43N. The molecule has 10 rings (SSSR count). The van der Waals surface area contributed by atoms with Gasteiger partial charge in [0.05, 0.1) is 17.1 Å². The fraction of sp³-hybridized carbons (Fsp3) is 0.277. The predicted molar refractivity (Wildman–Crippen MR) is 200 cm³/mol. The topological polar surface area (TPSA) is 3.24 Å². The van der Waals surface area contributed by atoms with Crippen LogP contribution in [0.1, 0.15) is 86.6 Å². The SMILES string of the molecule is CC1(C)C2=CC(c3ccccc3)CC3=C2N(c2ccc(-c4cccc(-c5cccc6c5CCC5CC65)c4)cc21)c1ccccc1C3(C)C. The summed E-state index contributed by atoms with van der Waals surface area (Å²) in [6, 6.07) is 44.0. The maximum absolute atomic E-state index is 2.62. The Balaban J connectivity index is 1.14. The van der Waals surface area contributed by atoms with Gasteiger partial charge in [-0.15, -0.1) is 0 Å². The molecule has 2 aliphatic heterocycles. The van der Waals surface area contributed by atoms with Crippen molar-refractivity contribution < 1.29 is 0 Å². The number of benzene rings is 5. The van der Waals surface area contributed by atoms with Gasteiger partial charge in [0.1, 0.15) is 0 Å². The summed E-state index contributed by atoms with van der Waals surface area (Å²) in [5.74, 6) is 2.10. The highest BCUT2D eigenvalue weighted by molar-refractivity contribution is 5.88. The van der Waals surface area contributed by atoms with Crippen molar-refractivity contribution in [3.05, 3.63) is 166 Å². The first kappa shape index (κ1) is 28.4. The van der Waals surface area contributed by atoms with Crippen LogP contribution in [0.5, 0.6) is 0 Å². The van der Waals surface area contributed by atoms with Crippen LogP contribution in [-0.2, 0) is 17.3 Å². The first-order valence-corrected chi connectivity index (χ1v) is 18.1. The Kier molecular flexibility index (Phi) is 5.89. The second-order valence-electron chi connectivity index (χ2n) is 16.1. The van der Waals surface area contributed by atoms with Crippen molar-refractivity contribution in [2.24, 2.45) is 5.92 Å². The van der Waals surface area contributed by atoms with E-state index in [0.29, 0.717) is 5.92 Å². The van der Waals surface area contributed by atoms with Crippen LogP contribution in [-0.4, -0.2) is 0 Å². The molecule has 1 fully saturated rings.